The van der Waals surface area contributed by atoms with Crippen LogP contribution >= 0.6 is 0 Å². The summed E-state index contributed by atoms with van der Waals surface area (Å²) in [6.45, 7) is 3.21. The average Bonchev–Trinajstić information content (AvgIpc) is 3.15. The normalized spacial score (nSPS) is 14.2. The molecule has 0 bridgehead atoms. The van der Waals surface area contributed by atoms with Crippen molar-refractivity contribution in [2.75, 3.05) is 13.6 Å². The molecule has 5 nitrogen and oxygen atoms in total. The lowest BCUT2D eigenvalue weighted by atomic mass is 9.99. The summed E-state index contributed by atoms with van der Waals surface area (Å²) in [5.74, 6) is 0. The van der Waals surface area contributed by atoms with Crippen molar-refractivity contribution in [1.29, 1.82) is 0 Å². The zero-order valence-corrected chi connectivity index (χ0v) is 13.2. The van der Waals surface area contributed by atoms with Crippen molar-refractivity contribution in [2.24, 2.45) is 7.05 Å². The molecular formula is C16H26N4O. The Balaban J connectivity index is 1.98. The summed E-state index contributed by atoms with van der Waals surface area (Å²) in [7, 11) is 3.99. The molecular weight excluding hydrogens is 264 g/mol. The fourth-order valence-electron chi connectivity index (χ4n) is 2.68. The number of furan rings is 1. The standard InChI is InChI=1S/C16H26N4O/c1-4-9-18-14(13-8-11-21-12-13)5-6-15(17-2)16-7-10-19-20(16)3/h7-8,10-12,14-15,17-18H,4-6,9H2,1-3H3. The van der Waals surface area contributed by atoms with Gasteiger partial charge in [-0.1, -0.05) is 6.92 Å². The third kappa shape index (κ3) is 4.19. The van der Waals surface area contributed by atoms with Gasteiger partial charge in [0, 0.05) is 30.9 Å². The van der Waals surface area contributed by atoms with Crippen LogP contribution in [0.4, 0.5) is 0 Å². The molecule has 2 aromatic rings. The quantitative estimate of drug-likeness (QED) is 0.745. The summed E-state index contributed by atoms with van der Waals surface area (Å²) in [4.78, 5) is 0. The van der Waals surface area contributed by atoms with E-state index in [1.807, 2.05) is 37.3 Å². The fraction of sp³-hybridized carbons (Fsp3) is 0.562. The Labute approximate surface area is 126 Å². The monoisotopic (exact) mass is 290 g/mol. The first-order chi connectivity index (χ1) is 10.3. The molecule has 116 valence electrons. The molecule has 0 fully saturated rings. The summed E-state index contributed by atoms with van der Waals surface area (Å²) in [5.41, 5.74) is 2.45. The van der Waals surface area contributed by atoms with E-state index in [9.17, 15) is 0 Å². The van der Waals surface area contributed by atoms with Gasteiger partial charge in [-0.3, -0.25) is 4.68 Å². The van der Waals surface area contributed by atoms with Crippen LogP contribution in [0.1, 0.15) is 49.5 Å². The minimum absolute atomic E-state index is 0.315. The third-order valence-electron chi connectivity index (χ3n) is 3.89. The Morgan fingerprint density at radius 2 is 2.10 bits per heavy atom. The number of nitrogens with one attached hydrogen (secondary N) is 2. The summed E-state index contributed by atoms with van der Waals surface area (Å²) in [6, 6.07) is 4.78. The number of hydrogen-bond donors (Lipinski definition) is 2. The number of nitrogens with zero attached hydrogens (tertiary/aromatic N) is 2. The highest BCUT2D eigenvalue weighted by atomic mass is 16.3. The van der Waals surface area contributed by atoms with Crippen molar-refractivity contribution in [3.8, 4) is 0 Å². The molecule has 0 aliphatic carbocycles. The van der Waals surface area contributed by atoms with Crippen LogP contribution in [0.5, 0.6) is 0 Å². The molecule has 0 saturated heterocycles. The second kappa shape index (κ2) is 8.00. The predicted octanol–water partition coefficient (Wildman–Crippen LogP) is 2.79. The van der Waals surface area contributed by atoms with Crippen LogP contribution in [-0.4, -0.2) is 23.4 Å². The van der Waals surface area contributed by atoms with E-state index in [-0.39, 0.29) is 0 Å². The molecule has 0 saturated carbocycles. The second-order valence-electron chi connectivity index (χ2n) is 5.36. The Kier molecular flexibility index (Phi) is 6.02. The van der Waals surface area contributed by atoms with E-state index in [2.05, 4.69) is 28.7 Å². The minimum Gasteiger partial charge on any atom is -0.472 e. The van der Waals surface area contributed by atoms with Crippen LogP contribution in [0.3, 0.4) is 0 Å². The molecule has 2 unspecified atom stereocenters. The van der Waals surface area contributed by atoms with E-state index < -0.39 is 0 Å². The predicted molar refractivity (Wildman–Crippen MR) is 84.0 cm³/mol. The molecule has 2 heterocycles. The Morgan fingerprint density at radius 3 is 2.67 bits per heavy atom. The first kappa shape index (κ1) is 15.8. The molecule has 0 radical (unpaired) electrons. The minimum atomic E-state index is 0.315. The van der Waals surface area contributed by atoms with Gasteiger partial charge in [-0.05, 0) is 45.0 Å². The van der Waals surface area contributed by atoms with Gasteiger partial charge in [0.15, 0.2) is 0 Å². The molecule has 0 amide bonds. The fourth-order valence-corrected chi connectivity index (χ4v) is 2.68. The van der Waals surface area contributed by atoms with Gasteiger partial charge >= 0.3 is 0 Å². The van der Waals surface area contributed by atoms with Crippen molar-refractivity contribution in [3.63, 3.8) is 0 Å². The van der Waals surface area contributed by atoms with Gasteiger partial charge in [0.25, 0.3) is 0 Å². The summed E-state index contributed by atoms with van der Waals surface area (Å²) >= 11 is 0. The van der Waals surface area contributed by atoms with E-state index in [1.54, 1.807) is 6.26 Å². The molecule has 0 aromatic carbocycles. The second-order valence-corrected chi connectivity index (χ2v) is 5.36. The van der Waals surface area contributed by atoms with E-state index in [0.29, 0.717) is 12.1 Å². The molecule has 5 heteroatoms. The highest BCUT2D eigenvalue weighted by Gasteiger charge is 2.17. The van der Waals surface area contributed by atoms with Gasteiger partial charge in [0.1, 0.15) is 0 Å². The van der Waals surface area contributed by atoms with Crippen molar-refractivity contribution in [3.05, 3.63) is 42.1 Å². The number of rotatable bonds is 9. The zero-order chi connectivity index (χ0) is 15.1. The molecule has 21 heavy (non-hydrogen) atoms. The number of aryl methyl sites for hydroxylation is 1. The van der Waals surface area contributed by atoms with Gasteiger partial charge in [-0.2, -0.15) is 5.10 Å². The maximum atomic E-state index is 5.23. The Bertz CT molecular complexity index is 506. The van der Waals surface area contributed by atoms with Crippen LogP contribution in [-0.2, 0) is 7.05 Å². The van der Waals surface area contributed by atoms with Crippen LogP contribution in [0, 0.1) is 0 Å². The Morgan fingerprint density at radius 1 is 1.29 bits per heavy atom. The summed E-state index contributed by atoms with van der Waals surface area (Å²) in [5, 5.41) is 11.2. The topological polar surface area (TPSA) is 55.0 Å². The number of aromatic nitrogens is 2. The van der Waals surface area contributed by atoms with Gasteiger partial charge in [0.2, 0.25) is 0 Å². The van der Waals surface area contributed by atoms with E-state index in [4.69, 9.17) is 4.42 Å². The van der Waals surface area contributed by atoms with Gasteiger partial charge in [0.05, 0.1) is 18.2 Å². The summed E-state index contributed by atoms with van der Waals surface area (Å²) < 4.78 is 7.17. The first-order valence-corrected chi connectivity index (χ1v) is 7.66. The molecule has 2 aromatic heterocycles. The highest BCUT2D eigenvalue weighted by Crippen LogP contribution is 2.25. The smallest absolute Gasteiger partial charge is 0.0950 e. The zero-order valence-electron chi connectivity index (χ0n) is 13.2. The van der Waals surface area contributed by atoms with Crippen molar-refractivity contribution >= 4 is 0 Å². The van der Waals surface area contributed by atoms with Crippen LogP contribution in [0.15, 0.2) is 35.3 Å². The first-order valence-electron chi connectivity index (χ1n) is 7.66. The lowest BCUT2D eigenvalue weighted by Gasteiger charge is -2.21. The average molecular weight is 290 g/mol. The van der Waals surface area contributed by atoms with Crippen molar-refractivity contribution in [1.82, 2.24) is 20.4 Å². The molecule has 2 N–H and O–H groups in total. The maximum Gasteiger partial charge on any atom is 0.0950 e. The van der Waals surface area contributed by atoms with Gasteiger partial charge in [-0.25, -0.2) is 0 Å². The highest BCUT2D eigenvalue weighted by molar-refractivity contribution is 5.12. The van der Waals surface area contributed by atoms with Crippen LogP contribution in [0.25, 0.3) is 0 Å². The van der Waals surface area contributed by atoms with Gasteiger partial charge in [-0.15, -0.1) is 0 Å². The van der Waals surface area contributed by atoms with Crippen LogP contribution in [0.2, 0.25) is 0 Å². The maximum absolute atomic E-state index is 5.23. The third-order valence-corrected chi connectivity index (χ3v) is 3.89. The molecule has 2 rings (SSSR count). The largest absolute Gasteiger partial charge is 0.472 e. The Hall–Kier alpha value is -1.59. The van der Waals surface area contributed by atoms with E-state index >= 15 is 0 Å². The van der Waals surface area contributed by atoms with Crippen molar-refractivity contribution < 1.29 is 4.42 Å². The lowest BCUT2D eigenvalue weighted by molar-refractivity contribution is 0.420. The molecule has 0 spiro atoms. The van der Waals surface area contributed by atoms with Crippen LogP contribution < -0.4 is 10.6 Å². The van der Waals surface area contributed by atoms with Gasteiger partial charge < -0.3 is 15.1 Å². The van der Waals surface area contributed by atoms with E-state index in [0.717, 1.165) is 25.8 Å². The SMILES string of the molecule is CCCNC(CCC(NC)c1ccnn1C)c1ccoc1. The summed E-state index contributed by atoms with van der Waals surface area (Å²) in [6.07, 6.45) is 8.66. The number of hydrogen-bond acceptors (Lipinski definition) is 4. The lowest BCUT2D eigenvalue weighted by Crippen LogP contribution is -2.25. The molecule has 2 atom stereocenters. The van der Waals surface area contributed by atoms with Crippen molar-refractivity contribution in [2.45, 2.75) is 38.3 Å². The molecule has 0 aliphatic heterocycles. The van der Waals surface area contributed by atoms with E-state index in [1.165, 1.54) is 11.3 Å². The molecule has 0 aliphatic rings.